The minimum absolute atomic E-state index is 0.373. The number of carbonyl (C=O) groups is 1. The minimum Gasteiger partial charge on any atom is -0.384 e. The molecule has 92 valence electrons. The van der Waals surface area contributed by atoms with Crippen LogP contribution in [0.5, 0.6) is 0 Å². The third kappa shape index (κ3) is 2.54. The summed E-state index contributed by atoms with van der Waals surface area (Å²) in [5, 5.41) is 3.16. The Balaban J connectivity index is 2.14. The lowest BCUT2D eigenvalue weighted by molar-refractivity contribution is 0.0620. The maximum atomic E-state index is 12.2. The summed E-state index contributed by atoms with van der Waals surface area (Å²) in [6.45, 7) is 0.323. The van der Waals surface area contributed by atoms with Gasteiger partial charge in [0.15, 0.2) is 0 Å². The van der Waals surface area contributed by atoms with E-state index in [0.29, 0.717) is 5.56 Å². The number of anilines is 1. The van der Waals surface area contributed by atoms with Crippen LogP contribution < -0.4 is 5.32 Å². The Morgan fingerprint density at radius 1 is 1.53 bits per heavy atom. The van der Waals surface area contributed by atoms with Crippen molar-refractivity contribution in [3.63, 3.8) is 0 Å². The fourth-order valence-electron chi connectivity index (χ4n) is 1.93. The first-order valence-corrected chi connectivity index (χ1v) is 5.48. The summed E-state index contributed by atoms with van der Waals surface area (Å²) >= 11 is 0. The van der Waals surface area contributed by atoms with E-state index in [1.807, 2.05) is 6.07 Å². The standard InChI is InChI=1S/C12H14F2N2O/c1-16(7-11(13)14)12(17)9-3-2-8-4-5-15-10(8)6-9/h2-3,6,11,15H,4-5,7H2,1H3. The lowest BCUT2D eigenvalue weighted by atomic mass is 10.1. The zero-order valence-electron chi connectivity index (χ0n) is 9.54. The third-order valence-corrected chi connectivity index (χ3v) is 2.83. The molecule has 1 aromatic carbocycles. The number of alkyl halides is 2. The fraction of sp³-hybridized carbons (Fsp3) is 0.417. The van der Waals surface area contributed by atoms with Gasteiger partial charge in [0.25, 0.3) is 12.3 Å². The number of nitrogens with zero attached hydrogens (tertiary/aromatic N) is 1. The van der Waals surface area contributed by atoms with E-state index in [4.69, 9.17) is 0 Å². The molecule has 1 aromatic rings. The number of amides is 1. The van der Waals surface area contributed by atoms with Crippen molar-refractivity contribution in [2.45, 2.75) is 12.8 Å². The second kappa shape index (κ2) is 4.69. The van der Waals surface area contributed by atoms with Gasteiger partial charge in [-0.05, 0) is 24.1 Å². The Bertz CT molecular complexity index is 435. The first kappa shape index (κ1) is 11.8. The van der Waals surface area contributed by atoms with Gasteiger partial charge in [0.05, 0.1) is 6.54 Å². The molecule has 2 rings (SSSR count). The molecule has 1 heterocycles. The lowest BCUT2D eigenvalue weighted by Gasteiger charge is -2.17. The highest BCUT2D eigenvalue weighted by molar-refractivity contribution is 5.95. The van der Waals surface area contributed by atoms with Gasteiger partial charge in [-0.15, -0.1) is 0 Å². The Kier molecular flexibility index (Phi) is 3.26. The summed E-state index contributed by atoms with van der Waals surface area (Å²) in [5.41, 5.74) is 2.54. The quantitative estimate of drug-likeness (QED) is 0.876. The Morgan fingerprint density at radius 3 is 3.00 bits per heavy atom. The molecule has 0 spiro atoms. The average Bonchev–Trinajstić information content (AvgIpc) is 2.73. The highest BCUT2D eigenvalue weighted by Gasteiger charge is 2.18. The molecule has 0 bridgehead atoms. The maximum Gasteiger partial charge on any atom is 0.255 e. The van der Waals surface area contributed by atoms with Crippen molar-refractivity contribution in [1.29, 1.82) is 0 Å². The molecule has 0 aromatic heterocycles. The van der Waals surface area contributed by atoms with Gasteiger partial charge in [0.2, 0.25) is 0 Å². The van der Waals surface area contributed by atoms with Gasteiger partial charge < -0.3 is 10.2 Å². The van der Waals surface area contributed by atoms with Crippen LogP contribution in [-0.2, 0) is 6.42 Å². The Hall–Kier alpha value is -1.65. The minimum atomic E-state index is -2.50. The molecule has 1 aliphatic rings. The van der Waals surface area contributed by atoms with Gasteiger partial charge >= 0.3 is 0 Å². The summed E-state index contributed by atoms with van der Waals surface area (Å²) in [5.74, 6) is -0.373. The molecule has 5 heteroatoms. The number of fused-ring (bicyclic) bond motifs is 1. The van der Waals surface area contributed by atoms with E-state index in [-0.39, 0.29) is 5.91 Å². The van der Waals surface area contributed by atoms with Crippen molar-refractivity contribution in [3.8, 4) is 0 Å². The van der Waals surface area contributed by atoms with Crippen molar-refractivity contribution < 1.29 is 13.6 Å². The molecule has 0 saturated heterocycles. The average molecular weight is 240 g/mol. The van der Waals surface area contributed by atoms with Crippen molar-refractivity contribution in [2.24, 2.45) is 0 Å². The predicted octanol–water partition coefficient (Wildman–Crippen LogP) is 1.99. The molecule has 0 unspecified atom stereocenters. The molecule has 0 atom stereocenters. The lowest BCUT2D eigenvalue weighted by Crippen LogP contribution is -2.31. The van der Waals surface area contributed by atoms with Crippen molar-refractivity contribution in [1.82, 2.24) is 4.90 Å². The first-order valence-electron chi connectivity index (χ1n) is 5.48. The molecule has 1 amide bonds. The largest absolute Gasteiger partial charge is 0.384 e. The van der Waals surface area contributed by atoms with Gasteiger partial charge in [-0.1, -0.05) is 6.07 Å². The first-order chi connectivity index (χ1) is 8.08. The van der Waals surface area contributed by atoms with Crippen LogP contribution in [0.2, 0.25) is 0 Å². The molecule has 0 aliphatic carbocycles. The molecule has 1 aliphatic heterocycles. The van der Waals surface area contributed by atoms with Gasteiger partial charge in [-0.3, -0.25) is 4.79 Å². The SMILES string of the molecule is CN(CC(F)F)C(=O)c1ccc2c(c1)NCC2. The van der Waals surface area contributed by atoms with E-state index in [1.165, 1.54) is 7.05 Å². The summed E-state index contributed by atoms with van der Waals surface area (Å²) in [4.78, 5) is 12.9. The van der Waals surface area contributed by atoms with Crippen molar-refractivity contribution in [2.75, 3.05) is 25.5 Å². The Morgan fingerprint density at radius 2 is 2.29 bits per heavy atom. The van der Waals surface area contributed by atoms with Gasteiger partial charge in [-0.2, -0.15) is 0 Å². The number of benzene rings is 1. The molecular formula is C12H14F2N2O. The van der Waals surface area contributed by atoms with Crippen LogP contribution >= 0.6 is 0 Å². The van der Waals surface area contributed by atoms with E-state index in [2.05, 4.69) is 5.32 Å². The van der Waals surface area contributed by atoms with Crippen LogP contribution in [0.15, 0.2) is 18.2 Å². The van der Waals surface area contributed by atoms with Gasteiger partial charge in [0.1, 0.15) is 0 Å². The number of hydrogen-bond donors (Lipinski definition) is 1. The zero-order valence-corrected chi connectivity index (χ0v) is 9.54. The number of halogens is 2. The fourth-order valence-corrected chi connectivity index (χ4v) is 1.93. The van der Waals surface area contributed by atoms with Crippen LogP contribution in [0.4, 0.5) is 14.5 Å². The van der Waals surface area contributed by atoms with Crippen LogP contribution in [0.3, 0.4) is 0 Å². The summed E-state index contributed by atoms with van der Waals surface area (Å²) in [6, 6.07) is 5.29. The van der Waals surface area contributed by atoms with Crippen LogP contribution in [-0.4, -0.2) is 37.4 Å². The summed E-state index contributed by atoms with van der Waals surface area (Å²) < 4.78 is 24.3. The predicted molar refractivity (Wildman–Crippen MR) is 61.6 cm³/mol. The molecule has 3 nitrogen and oxygen atoms in total. The zero-order chi connectivity index (χ0) is 12.4. The van der Waals surface area contributed by atoms with E-state index in [9.17, 15) is 13.6 Å². The second-order valence-electron chi connectivity index (χ2n) is 4.13. The molecule has 17 heavy (non-hydrogen) atoms. The number of carbonyl (C=O) groups excluding carboxylic acids is 1. The van der Waals surface area contributed by atoms with Crippen LogP contribution in [0.25, 0.3) is 0 Å². The monoisotopic (exact) mass is 240 g/mol. The number of rotatable bonds is 3. The molecule has 0 radical (unpaired) electrons. The van der Waals surface area contributed by atoms with E-state index < -0.39 is 13.0 Å². The van der Waals surface area contributed by atoms with Crippen LogP contribution in [0.1, 0.15) is 15.9 Å². The molecule has 1 N–H and O–H groups in total. The molecular weight excluding hydrogens is 226 g/mol. The highest BCUT2D eigenvalue weighted by Crippen LogP contribution is 2.23. The topological polar surface area (TPSA) is 32.3 Å². The summed E-state index contributed by atoms with van der Waals surface area (Å²) in [7, 11) is 1.38. The molecule has 0 saturated carbocycles. The van der Waals surface area contributed by atoms with Gasteiger partial charge in [0, 0.05) is 24.8 Å². The second-order valence-corrected chi connectivity index (χ2v) is 4.13. The molecule has 0 fully saturated rings. The normalized spacial score (nSPS) is 13.4. The van der Waals surface area contributed by atoms with Crippen molar-refractivity contribution in [3.05, 3.63) is 29.3 Å². The summed E-state index contributed by atoms with van der Waals surface area (Å²) in [6.07, 6.45) is -1.56. The highest BCUT2D eigenvalue weighted by atomic mass is 19.3. The van der Waals surface area contributed by atoms with Gasteiger partial charge in [-0.25, -0.2) is 8.78 Å². The third-order valence-electron chi connectivity index (χ3n) is 2.83. The smallest absolute Gasteiger partial charge is 0.255 e. The van der Waals surface area contributed by atoms with E-state index in [1.54, 1.807) is 12.1 Å². The van der Waals surface area contributed by atoms with E-state index in [0.717, 1.165) is 29.1 Å². The van der Waals surface area contributed by atoms with Crippen molar-refractivity contribution >= 4 is 11.6 Å². The van der Waals surface area contributed by atoms with E-state index >= 15 is 0 Å². The van der Waals surface area contributed by atoms with Crippen LogP contribution in [0, 0.1) is 0 Å². The Labute approximate surface area is 98.4 Å². The maximum absolute atomic E-state index is 12.2. The number of nitrogens with one attached hydrogen (secondary N) is 1. The number of hydrogen-bond acceptors (Lipinski definition) is 2.